The third kappa shape index (κ3) is 5.52. The number of hydrogen-bond donors (Lipinski definition) is 2. The van der Waals surface area contributed by atoms with Crippen molar-refractivity contribution in [1.29, 1.82) is 0 Å². The second-order valence-electron chi connectivity index (χ2n) is 6.10. The van der Waals surface area contributed by atoms with Crippen molar-refractivity contribution in [1.82, 2.24) is 15.1 Å². The highest BCUT2D eigenvalue weighted by Crippen LogP contribution is 2.16. The number of carbonyl (C=O) groups is 1. The highest BCUT2D eigenvalue weighted by atomic mass is 16.3. The Morgan fingerprint density at radius 3 is 2.83 bits per heavy atom. The van der Waals surface area contributed by atoms with Crippen LogP contribution in [0, 0.1) is 0 Å². The summed E-state index contributed by atoms with van der Waals surface area (Å²) in [6, 6.07) is 10.2. The molecule has 1 fully saturated rings. The predicted octanol–water partition coefficient (Wildman–Crippen LogP) is 2.06. The predicted molar refractivity (Wildman–Crippen MR) is 92.2 cm³/mol. The maximum absolute atomic E-state index is 12.5. The van der Waals surface area contributed by atoms with E-state index in [-0.39, 0.29) is 12.6 Å². The zero-order chi connectivity index (χ0) is 16.5. The lowest BCUT2D eigenvalue weighted by Gasteiger charge is -2.35. The first-order chi connectivity index (χ1) is 11.2. The Labute approximate surface area is 139 Å². The van der Waals surface area contributed by atoms with Crippen molar-refractivity contribution in [2.45, 2.75) is 38.8 Å². The van der Waals surface area contributed by atoms with Gasteiger partial charge >= 0.3 is 6.03 Å². The molecule has 1 aliphatic rings. The SMILES string of the molecule is CCN1CCCCC1CNC(=O)N(CCO)Cc1ccccc1. The van der Waals surface area contributed by atoms with E-state index in [1.165, 1.54) is 12.8 Å². The van der Waals surface area contributed by atoms with Gasteiger partial charge in [0.05, 0.1) is 6.61 Å². The van der Waals surface area contributed by atoms with E-state index in [2.05, 4.69) is 17.1 Å². The first-order valence-electron chi connectivity index (χ1n) is 8.66. The van der Waals surface area contributed by atoms with E-state index in [9.17, 15) is 9.90 Å². The smallest absolute Gasteiger partial charge is 0.317 e. The molecule has 5 nitrogen and oxygen atoms in total. The zero-order valence-electron chi connectivity index (χ0n) is 14.1. The molecule has 0 aromatic heterocycles. The Kier molecular flexibility index (Phi) is 7.36. The van der Waals surface area contributed by atoms with Crippen LogP contribution in [0.15, 0.2) is 30.3 Å². The number of hydrogen-bond acceptors (Lipinski definition) is 3. The summed E-state index contributed by atoms with van der Waals surface area (Å²) in [6.45, 7) is 5.87. The molecule has 0 spiro atoms. The highest BCUT2D eigenvalue weighted by Gasteiger charge is 2.22. The van der Waals surface area contributed by atoms with E-state index in [0.29, 0.717) is 25.7 Å². The van der Waals surface area contributed by atoms with E-state index >= 15 is 0 Å². The van der Waals surface area contributed by atoms with Gasteiger partial charge in [0.25, 0.3) is 0 Å². The molecule has 0 bridgehead atoms. The topological polar surface area (TPSA) is 55.8 Å². The van der Waals surface area contributed by atoms with Crippen LogP contribution in [0.1, 0.15) is 31.7 Å². The molecule has 1 saturated heterocycles. The molecule has 0 radical (unpaired) electrons. The van der Waals surface area contributed by atoms with Gasteiger partial charge in [-0.25, -0.2) is 4.79 Å². The van der Waals surface area contributed by atoms with E-state index in [4.69, 9.17) is 0 Å². The number of aliphatic hydroxyl groups excluding tert-OH is 1. The summed E-state index contributed by atoms with van der Waals surface area (Å²) < 4.78 is 0. The summed E-state index contributed by atoms with van der Waals surface area (Å²) in [5.74, 6) is 0. The van der Waals surface area contributed by atoms with Gasteiger partial charge in [-0.3, -0.25) is 4.90 Å². The minimum absolute atomic E-state index is 0.0230. The van der Waals surface area contributed by atoms with Crippen LogP contribution in [0.4, 0.5) is 4.79 Å². The monoisotopic (exact) mass is 319 g/mol. The van der Waals surface area contributed by atoms with Crippen LogP contribution in [0.25, 0.3) is 0 Å². The zero-order valence-corrected chi connectivity index (χ0v) is 14.1. The lowest BCUT2D eigenvalue weighted by Crippen LogP contribution is -2.49. The summed E-state index contributed by atoms with van der Waals surface area (Å²) >= 11 is 0. The second-order valence-corrected chi connectivity index (χ2v) is 6.10. The number of benzene rings is 1. The molecule has 1 unspecified atom stereocenters. The van der Waals surface area contributed by atoms with Gasteiger partial charge in [-0.1, -0.05) is 43.7 Å². The van der Waals surface area contributed by atoms with Gasteiger partial charge in [-0.2, -0.15) is 0 Å². The fourth-order valence-corrected chi connectivity index (χ4v) is 3.20. The van der Waals surface area contributed by atoms with Gasteiger partial charge in [-0.05, 0) is 31.5 Å². The van der Waals surface area contributed by atoms with Crippen LogP contribution in [0.3, 0.4) is 0 Å². The number of nitrogens with zero attached hydrogens (tertiary/aromatic N) is 2. The number of carbonyl (C=O) groups excluding carboxylic acids is 1. The summed E-state index contributed by atoms with van der Waals surface area (Å²) in [5.41, 5.74) is 1.07. The van der Waals surface area contributed by atoms with Crippen LogP contribution < -0.4 is 5.32 Å². The van der Waals surface area contributed by atoms with Gasteiger partial charge in [0.1, 0.15) is 0 Å². The Morgan fingerprint density at radius 1 is 1.35 bits per heavy atom. The Morgan fingerprint density at radius 2 is 2.13 bits per heavy atom. The minimum atomic E-state index is -0.0930. The van der Waals surface area contributed by atoms with E-state index in [1.54, 1.807) is 4.90 Å². The third-order valence-corrected chi connectivity index (χ3v) is 4.52. The molecule has 1 aliphatic heterocycles. The number of rotatable bonds is 7. The normalized spacial score (nSPS) is 18.6. The van der Waals surface area contributed by atoms with Crippen molar-refractivity contribution in [2.24, 2.45) is 0 Å². The van der Waals surface area contributed by atoms with Crippen LogP contribution in [0.2, 0.25) is 0 Å². The van der Waals surface area contributed by atoms with Gasteiger partial charge in [0.2, 0.25) is 0 Å². The molecule has 0 saturated carbocycles. The molecule has 1 aromatic rings. The Balaban J connectivity index is 1.87. The van der Waals surface area contributed by atoms with Crippen LogP contribution in [-0.4, -0.2) is 59.8 Å². The van der Waals surface area contributed by atoms with Crippen molar-refractivity contribution in [2.75, 3.05) is 32.8 Å². The van der Waals surface area contributed by atoms with Crippen LogP contribution >= 0.6 is 0 Å². The molecular weight excluding hydrogens is 290 g/mol. The number of aliphatic hydroxyl groups is 1. The molecule has 2 rings (SSSR count). The molecular formula is C18H29N3O2. The molecule has 5 heteroatoms. The number of piperidine rings is 1. The number of nitrogens with one attached hydrogen (secondary N) is 1. The van der Waals surface area contributed by atoms with Crippen molar-refractivity contribution >= 4 is 6.03 Å². The molecule has 2 N–H and O–H groups in total. The molecule has 0 aliphatic carbocycles. The first kappa shape index (κ1) is 17.8. The van der Waals surface area contributed by atoms with E-state index < -0.39 is 0 Å². The Bertz CT molecular complexity index is 467. The number of urea groups is 1. The first-order valence-corrected chi connectivity index (χ1v) is 8.66. The van der Waals surface area contributed by atoms with Crippen LogP contribution in [-0.2, 0) is 6.54 Å². The van der Waals surface area contributed by atoms with Crippen molar-refractivity contribution < 1.29 is 9.90 Å². The maximum atomic E-state index is 12.5. The quantitative estimate of drug-likeness (QED) is 0.809. The van der Waals surface area contributed by atoms with Gasteiger partial charge < -0.3 is 15.3 Å². The van der Waals surface area contributed by atoms with Crippen molar-refractivity contribution in [3.05, 3.63) is 35.9 Å². The molecule has 1 heterocycles. The van der Waals surface area contributed by atoms with E-state index in [1.807, 2.05) is 30.3 Å². The van der Waals surface area contributed by atoms with Gasteiger partial charge in [-0.15, -0.1) is 0 Å². The number of amides is 2. The average molecular weight is 319 g/mol. The van der Waals surface area contributed by atoms with Crippen molar-refractivity contribution in [3.63, 3.8) is 0 Å². The average Bonchev–Trinajstić information content (AvgIpc) is 2.60. The summed E-state index contributed by atoms with van der Waals surface area (Å²) in [4.78, 5) is 16.6. The molecule has 2 amide bonds. The molecule has 23 heavy (non-hydrogen) atoms. The van der Waals surface area contributed by atoms with Gasteiger partial charge in [0.15, 0.2) is 0 Å². The number of likely N-dealkylation sites (N-methyl/N-ethyl adjacent to an activating group) is 1. The van der Waals surface area contributed by atoms with E-state index in [0.717, 1.165) is 25.1 Å². The fourth-order valence-electron chi connectivity index (χ4n) is 3.20. The largest absolute Gasteiger partial charge is 0.395 e. The third-order valence-electron chi connectivity index (χ3n) is 4.52. The minimum Gasteiger partial charge on any atom is -0.395 e. The molecule has 128 valence electrons. The summed E-state index contributed by atoms with van der Waals surface area (Å²) in [7, 11) is 0. The molecule has 1 atom stereocenters. The number of likely N-dealkylation sites (tertiary alicyclic amines) is 1. The van der Waals surface area contributed by atoms with Crippen LogP contribution in [0.5, 0.6) is 0 Å². The second kappa shape index (κ2) is 9.53. The Hall–Kier alpha value is -1.59. The summed E-state index contributed by atoms with van der Waals surface area (Å²) in [5, 5.41) is 12.3. The lowest BCUT2D eigenvalue weighted by atomic mass is 10.0. The van der Waals surface area contributed by atoms with Gasteiger partial charge in [0, 0.05) is 25.7 Å². The molecule has 1 aromatic carbocycles. The highest BCUT2D eigenvalue weighted by molar-refractivity contribution is 5.74. The standard InChI is InChI=1S/C18H29N3O2/c1-2-20-11-7-6-10-17(20)14-19-18(23)21(12-13-22)15-16-8-4-3-5-9-16/h3-5,8-9,17,22H,2,6-7,10-15H2,1H3,(H,19,23). The lowest BCUT2D eigenvalue weighted by molar-refractivity contribution is 0.144. The van der Waals surface area contributed by atoms with Crippen molar-refractivity contribution in [3.8, 4) is 0 Å². The summed E-state index contributed by atoms with van der Waals surface area (Å²) in [6.07, 6.45) is 3.64. The maximum Gasteiger partial charge on any atom is 0.317 e. The fraction of sp³-hybridized carbons (Fsp3) is 0.611.